The summed E-state index contributed by atoms with van der Waals surface area (Å²) in [6, 6.07) is 12.9. The fourth-order valence-corrected chi connectivity index (χ4v) is 2.01. The molecule has 106 valence electrons. The molecule has 4 heteroatoms. The van der Waals surface area contributed by atoms with Crippen LogP contribution in [0.15, 0.2) is 42.5 Å². The van der Waals surface area contributed by atoms with Crippen LogP contribution in [-0.4, -0.2) is 17.3 Å². The first-order valence-corrected chi connectivity index (χ1v) is 6.49. The van der Waals surface area contributed by atoms with Crippen molar-refractivity contribution in [3.05, 3.63) is 53.6 Å². The second-order valence-electron chi connectivity index (χ2n) is 4.66. The molecule has 2 rings (SSSR count). The minimum absolute atomic E-state index is 0.0714. The first kappa shape index (κ1) is 14.2. The Kier molecular flexibility index (Phi) is 4.48. The van der Waals surface area contributed by atoms with Crippen LogP contribution in [0, 0.1) is 0 Å². The Morgan fingerprint density at radius 1 is 1.15 bits per heavy atom. The molecule has 2 aromatic carbocycles. The summed E-state index contributed by atoms with van der Waals surface area (Å²) < 4.78 is 5.20. The van der Waals surface area contributed by atoms with E-state index in [1.807, 2.05) is 31.2 Å². The first-order chi connectivity index (χ1) is 9.61. The quantitative estimate of drug-likeness (QED) is 0.733. The summed E-state index contributed by atoms with van der Waals surface area (Å²) in [5.74, 6) is 0.646. The second kappa shape index (κ2) is 6.30. The van der Waals surface area contributed by atoms with Crippen LogP contribution in [-0.2, 0) is 6.54 Å². The Labute approximate surface area is 118 Å². The monoisotopic (exact) mass is 273 g/mol. The maximum absolute atomic E-state index is 9.75. The Morgan fingerprint density at radius 3 is 2.65 bits per heavy atom. The van der Waals surface area contributed by atoms with E-state index in [4.69, 9.17) is 4.74 Å². The fourth-order valence-electron chi connectivity index (χ4n) is 2.01. The highest BCUT2D eigenvalue weighted by Gasteiger charge is 2.09. The van der Waals surface area contributed by atoms with Gasteiger partial charge in [-0.25, -0.2) is 0 Å². The molecule has 0 amide bonds. The fraction of sp³-hybridized carbons (Fsp3) is 0.250. The van der Waals surface area contributed by atoms with Crippen LogP contribution in [0.4, 0.5) is 0 Å². The van der Waals surface area contributed by atoms with E-state index >= 15 is 0 Å². The van der Waals surface area contributed by atoms with Crippen molar-refractivity contribution in [2.45, 2.75) is 19.5 Å². The zero-order valence-corrected chi connectivity index (χ0v) is 11.6. The maximum atomic E-state index is 9.75. The number of hydrogen-bond acceptors (Lipinski definition) is 4. The van der Waals surface area contributed by atoms with Crippen molar-refractivity contribution in [3.8, 4) is 17.2 Å². The molecule has 0 spiro atoms. The van der Waals surface area contributed by atoms with Gasteiger partial charge in [0.15, 0.2) is 11.5 Å². The van der Waals surface area contributed by atoms with Gasteiger partial charge in [-0.2, -0.15) is 0 Å². The summed E-state index contributed by atoms with van der Waals surface area (Å²) >= 11 is 0. The van der Waals surface area contributed by atoms with Crippen molar-refractivity contribution in [3.63, 3.8) is 0 Å². The highest BCUT2D eigenvalue weighted by atomic mass is 16.5. The molecule has 3 N–H and O–H groups in total. The van der Waals surface area contributed by atoms with E-state index in [-0.39, 0.29) is 17.5 Å². The number of rotatable bonds is 5. The van der Waals surface area contributed by atoms with Crippen molar-refractivity contribution >= 4 is 0 Å². The first-order valence-electron chi connectivity index (χ1n) is 6.49. The van der Waals surface area contributed by atoms with Crippen molar-refractivity contribution < 1.29 is 14.9 Å². The highest BCUT2D eigenvalue weighted by Crippen LogP contribution is 2.28. The summed E-state index contributed by atoms with van der Waals surface area (Å²) in [5.41, 5.74) is 1.77. The molecule has 0 radical (unpaired) electrons. The third-order valence-corrected chi connectivity index (χ3v) is 3.29. The van der Waals surface area contributed by atoms with Gasteiger partial charge >= 0.3 is 0 Å². The summed E-state index contributed by atoms with van der Waals surface area (Å²) in [6.07, 6.45) is 0. The molecule has 20 heavy (non-hydrogen) atoms. The summed E-state index contributed by atoms with van der Waals surface area (Å²) in [7, 11) is 1.64. The normalized spacial score (nSPS) is 12.1. The zero-order valence-electron chi connectivity index (χ0n) is 11.6. The van der Waals surface area contributed by atoms with Gasteiger partial charge in [0.1, 0.15) is 5.75 Å². The predicted molar refractivity (Wildman–Crippen MR) is 78.0 cm³/mol. The van der Waals surface area contributed by atoms with Crippen molar-refractivity contribution in [1.82, 2.24) is 5.32 Å². The van der Waals surface area contributed by atoms with Crippen LogP contribution in [0.1, 0.15) is 24.1 Å². The number of nitrogens with one attached hydrogen (secondary N) is 1. The van der Waals surface area contributed by atoms with Crippen molar-refractivity contribution in [2.75, 3.05) is 7.11 Å². The second-order valence-corrected chi connectivity index (χ2v) is 4.66. The lowest BCUT2D eigenvalue weighted by Gasteiger charge is -2.16. The molecule has 4 nitrogen and oxygen atoms in total. The Balaban J connectivity index is 2.04. The molecule has 0 heterocycles. The minimum Gasteiger partial charge on any atom is -0.504 e. The van der Waals surface area contributed by atoms with Crippen molar-refractivity contribution in [2.24, 2.45) is 0 Å². The molecule has 0 aromatic heterocycles. The average molecular weight is 273 g/mol. The van der Waals surface area contributed by atoms with Gasteiger partial charge in [-0.05, 0) is 30.7 Å². The minimum atomic E-state index is -0.0988. The van der Waals surface area contributed by atoms with Gasteiger partial charge in [0.2, 0.25) is 0 Å². The van der Waals surface area contributed by atoms with Crippen LogP contribution >= 0.6 is 0 Å². The number of hydrogen-bond donors (Lipinski definition) is 3. The van der Waals surface area contributed by atoms with E-state index < -0.39 is 0 Å². The number of methoxy groups -OCH3 is 1. The number of ether oxygens (including phenoxy) is 1. The summed E-state index contributed by atoms with van der Waals surface area (Å²) in [4.78, 5) is 0. The van der Waals surface area contributed by atoms with Crippen LogP contribution in [0.25, 0.3) is 0 Å². The van der Waals surface area contributed by atoms with Crippen LogP contribution in [0.5, 0.6) is 17.2 Å². The summed E-state index contributed by atoms with van der Waals surface area (Å²) in [6.45, 7) is 2.51. The Morgan fingerprint density at radius 2 is 1.90 bits per heavy atom. The number of phenolic OH excluding ortho intramolecular Hbond substituents is 2. The zero-order chi connectivity index (χ0) is 14.5. The van der Waals surface area contributed by atoms with E-state index in [1.54, 1.807) is 19.2 Å². The molecule has 0 aliphatic carbocycles. The van der Waals surface area contributed by atoms with Crippen molar-refractivity contribution in [1.29, 1.82) is 0 Å². The molecule has 1 atom stereocenters. The topological polar surface area (TPSA) is 61.7 Å². The molecule has 0 aliphatic heterocycles. The highest BCUT2D eigenvalue weighted by molar-refractivity contribution is 5.44. The molecule has 2 aromatic rings. The molecular weight excluding hydrogens is 254 g/mol. The van der Waals surface area contributed by atoms with E-state index in [2.05, 4.69) is 5.32 Å². The van der Waals surface area contributed by atoms with Gasteiger partial charge in [-0.1, -0.05) is 24.3 Å². The van der Waals surface area contributed by atoms with E-state index in [0.29, 0.717) is 12.1 Å². The standard InChI is InChI=1S/C16H19NO3/c1-11(12-5-3-7-14(9-12)20-2)17-10-13-6-4-8-15(18)16(13)19/h3-9,11,17-19H,10H2,1-2H3/t11-/m1/s1. The van der Waals surface area contributed by atoms with Gasteiger partial charge in [0.05, 0.1) is 7.11 Å². The smallest absolute Gasteiger partial charge is 0.161 e. The molecule has 0 saturated heterocycles. The Hall–Kier alpha value is -2.20. The lowest BCUT2D eigenvalue weighted by molar-refractivity contribution is 0.396. The largest absolute Gasteiger partial charge is 0.504 e. The number of benzene rings is 2. The third-order valence-electron chi connectivity index (χ3n) is 3.29. The van der Waals surface area contributed by atoms with Crippen LogP contribution in [0.3, 0.4) is 0 Å². The van der Waals surface area contributed by atoms with E-state index in [1.165, 1.54) is 6.07 Å². The third kappa shape index (κ3) is 3.22. The lowest BCUT2D eigenvalue weighted by Crippen LogP contribution is -2.18. The van der Waals surface area contributed by atoms with Gasteiger partial charge in [0.25, 0.3) is 0 Å². The van der Waals surface area contributed by atoms with E-state index in [9.17, 15) is 10.2 Å². The van der Waals surface area contributed by atoms with Crippen LogP contribution < -0.4 is 10.1 Å². The Bertz CT molecular complexity index is 584. The molecule has 0 saturated carbocycles. The maximum Gasteiger partial charge on any atom is 0.161 e. The SMILES string of the molecule is COc1cccc([C@@H](C)NCc2cccc(O)c2O)c1. The lowest BCUT2D eigenvalue weighted by atomic mass is 10.1. The molecule has 0 unspecified atom stereocenters. The average Bonchev–Trinajstić information content (AvgIpc) is 2.48. The van der Waals surface area contributed by atoms with E-state index in [0.717, 1.165) is 11.3 Å². The number of phenols is 2. The molecule has 0 aliphatic rings. The van der Waals surface area contributed by atoms with Gasteiger partial charge in [-0.15, -0.1) is 0 Å². The molecular formula is C16H19NO3. The van der Waals surface area contributed by atoms with Crippen LogP contribution in [0.2, 0.25) is 0 Å². The van der Waals surface area contributed by atoms with Gasteiger partial charge < -0.3 is 20.3 Å². The predicted octanol–water partition coefficient (Wildman–Crippen LogP) is 2.96. The summed E-state index contributed by atoms with van der Waals surface area (Å²) in [5, 5.41) is 22.5. The number of aromatic hydroxyl groups is 2. The molecule has 0 fully saturated rings. The number of para-hydroxylation sites is 1. The van der Waals surface area contributed by atoms with Gasteiger partial charge in [-0.3, -0.25) is 0 Å². The van der Waals surface area contributed by atoms with Gasteiger partial charge in [0, 0.05) is 18.2 Å². The molecule has 0 bridgehead atoms.